The number of benzene rings is 2. The summed E-state index contributed by atoms with van der Waals surface area (Å²) >= 11 is 0. The molecule has 6 heteroatoms. The number of hydrogen-bond acceptors (Lipinski definition) is 3. The number of amides is 1. The molecular weight excluding hydrogens is 368 g/mol. The molecule has 2 heterocycles. The maximum absolute atomic E-state index is 13.2. The minimum Gasteiger partial charge on any atom is -0.497 e. The van der Waals surface area contributed by atoms with E-state index in [0.717, 1.165) is 16.5 Å². The van der Waals surface area contributed by atoms with Crippen LogP contribution in [0, 0.1) is 0 Å². The Morgan fingerprint density at radius 3 is 2.45 bits per heavy atom. The highest BCUT2D eigenvalue weighted by molar-refractivity contribution is 6.17. The fraction of sp³-hybridized carbons (Fsp3) is 0.217. The summed E-state index contributed by atoms with van der Waals surface area (Å²) in [7, 11) is 1.56. The minimum atomic E-state index is -1.08. The normalized spacial score (nSPS) is 15.4. The Morgan fingerprint density at radius 2 is 1.79 bits per heavy atom. The lowest BCUT2D eigenvalue weighted by Crippen LogP contribution is -2.36. The van der Waals surface area contributed by atoms with Crippen LogP contribution in [-0.2, 0) is 10.2 Å². The van der Waals surface area contributed by atoms with Crippen molar-refractivity contribution >= 4 is 28.4 Å². The van der Waals surface area contributed by atoms with Gasteiger partial charge in [0.1, 0.15) is 5.75 Å². The maximum Gasteiger partial charge on any atom is 0.339 e. The first kappa shape index (κ1) is 18.8. The molecule has 0 aliphatic carbocycles. The zero-order chi connectivity index (χ0) is 20.8. The summed E-state index contributed by atoms with van der Waals surface area (Å²) < 4.78 is 5.15. The number of hydrogen-bond donors (Lipinski definition) is 2. The topological polar surface area (TPSA) is 82.6 Å². The second-order valence-corrected chi connectivity index (χ2v) is 7.81. The van der Waals surface area contributed by atoms with Gasteiger partial charge in [0.15, 0.2) is 0 Å². The summed E-state index contributed by atoms with van der Waals surface area (Å²) in [6.45, 7) is 4.40. The van der Waals surface area contributed by atoms with E-state index in [9.17, 15) is 14.7 Å². The minimum absolute atomic E-state index is 0.0728. The summed E-state index contributed by atoms with van der Waals surface area (Å²) in [6, 6.07) is 14.6. The monoisotopic (exact) mass is 390 g/mol. The van der Waals surface area contributed by atoms with E-state index in [1.165, 1.54) is 11.1 Å². The molecule has 0 saturated carbocycles. The number of carbonyl (C=O) groups is 2. The predicted molar refractivity (Wildman–Crippen MR) is 111 cm³/mol. The Hall–Kier alpha value is -3.54. The van der Waals surface area contributed by atoms with Crippen LogP contribution < -0.4 is 4.74 Å². The van der Waals surface area contributed by atoms with Crippen LogP contribution in [0.2, 0.25) is 0 Å². The predicted octanol–water partition coefficient (Wildman–Crippen LogP) is 4.04. The van der Waals surface area contributed by atoms with E-state index in [2.05, 4.69) is 4.98 Å². The molecule has 0 bridgehead atoms. The van der Waals surface area contributed by atoms with Crippen molar-refractivity contribution in [1.29, 1.82) is 0 Å². The number of nitrogens with zero attached hydrogens (tertiary/aromatic N) is 1. The molecule has 2 aromatic carbocycles. The number of fused-ring (bicyclic) bond motifs is 3. The van der Waals surface area contributed by atoms with Gasteiger partial charge in [0.25, 0.3) is 5.91 Å². The van der Waals surface area contributed by atoms with Crippen LogP contribution in [0.25, 0.3) is 16.5 Å². The van der Waals surface area contributed by atoms with Gasteiger partial charge in [-0.15, -0.1) is 0 Å². The molecule has 6 nitrogen and oxygen atoms in total. The quantitative estimate of drug-likeness (QED) is 0.707. The second kappa shape index (κ2) is 6.81. The average molecular weight is 390 g/mol. The Morgan fingerprint density at radius 1 is 1.10 bits per heavy atom. The molecule has 2 N–H and O–H groups in total. The molecule has 1 aromatic heterocycles. The van der Waals surface area contributed by atoms with Crippen LogP contribution in [0.1, 0.15) is 35.5 Å². The molecule has 148 valence electrons. The Labute approximate surface area is 168 Å². The summed E-state index contributed by atoms with van der Waals surface area (Å²) in [5, 5.41) is 10.9. The Kier molecular flexibility index (Phi) is 4.42. The summed E-state index contributed by atoms with van der Waals surface area (Å²) in [5.74, 6) is -0.682. The molecule has 0 fully saturated rings. The number of carbonyl (C=O) groups excluding carboxylic acids is 1. The van der Waals surface area contributed by atoms with Crippen LogP contribution in [0.15, 0.2) is 54.7 Å². The van der Waals surface area contributed by atoms with E-state index in [1.54, 1.807) is 31.4 Å². The van der Waals surface area contributed by atoms with Gasteiger partial charge in [-0.3, -0.25) is 4.79 Å². The number of carboxylic acid groups (broad SMARTS) is 1. The zero-order valence-corrected chi connectivity index (χ0v) is 16.5. The maximum atomic E-state index is 13.2. The second-order valence-electron chi connectivity index (χ2n) is 7.81. The number of ether oxygens (including phenoxy) is 1. The molecular formula is C23H22N2O4. The molecule has 29 heavy (non-hydrogen) atoms. The number of aromatic nitrogens is 1. The molecule has 0 spiro atoms. The molecule has 3 aromatic rings. The SMILES string of the molecule is COc1ccc(C(=O)N2C=C(C(=O)O)c3[nH]c4ccccc4c3C(C)(C)C2)cc1. The van der Waals surface area contributed by atoms with Crippen molar-refractivity contribution in [2.24, 2.45) is 0 Å². The molecule has 1 aliphatic rings. The van der Waals surface area contributed by atoms with Crippen LogP contribution in [0.4, 0.5) is 0 Å². The van der Waals surface area contributed by atoms with Crippen molar-refractivity contribution in [3.8, 4) is 5.75 Å². The van der Waals surface area contributed by atoms with Crippen molar-refractivity contribution in [1.82, 2.24) is 9.88 Å². The third-order valence-electron chi connectivity index (χ3n) is 5.33. The highest BCUT2D eigenvalue weighted by Crippen LogP contribution is 2.40. The van der Waals surface area contributed by atoms with E-state index < -0.39 is 11.4 Å². The standard InChI is InChI=1S/C23H22N2O4/c1-23(2)13-25(21(26)14-8-10-15(29-3)11-9-14)12-17(22(27)28)20-19(23)16-6-4-5-7-18(16)24-20/h4-12,24H,13H2,1-3H3,(H,27,28). The summed E-state index contributed by atoms with van der Waals surface area (Å²) in [4.78, 5) is 30.0. The van der Waals surface area contributed by atoms with Gasteiger partial charge in [0.05, 0.1) is 18.4 Å². The lowest BCUT2D eigenvalue weighted by atomic mass is 9.81. The highest BCUT2D eigenvalue weighted by Gasteiger charge is 2.37. The largest absolute Gasteiger partial charge is 0.497 e. The number of H-pyrrole nitrogens is 1. The zero-order valence-electron chi connectivity index (χ0n) is 16.5. The molecule has 4 rings (SSSR count). The number of methoxy groups -OCH3 is 1. The van der Waals surface area contributed by atoms with Gasteiger partial charge in [0.2, 0.25) is 0 Å². The lowest BCUT2D eigenvalue weighted by Gasteiger charge is -2.29. The number of para-hydroxylation sites is 1. The number of aromatic amines is 1. The van der Waals surface area contributed by atoms with Crippen molar-refractivity contribution in [3.63, 3.8) is 0 Å². The van der Waals surface area contributed by atoms with Crippen LogP contribution in [-0.4, -0.2) is 40.5 Å². The molecule has 0 atom stereocenters. The molecule has 0 radical (unpaired) electrons. The number of rotatable bonds is 3. The van der Waals surface area contributed by atoms with Crippen LogP contribution in [0.3, 0.4) is 0 Å². The van der Waals surface area contributed by atoms with Crippen molar-refractivity contribution < 1.29 is 19.4 Å². The van der Waals surface area contributed by atoms with Gasteiger partial charge in [-0.2, -0.15) is 0 Å². The summed E-state index contributed by atoms with van der Waals surface area (Å²) in [6.07, 6.45) is 1.44. The lowest BCUT2D eigenvalue weighted by molar-refractivity contribution is -0.130. The average Bonchev–Trinajstić information content (AvgIpc) is 3.05. The molecule has 0 saturated heterocycles. The molecule has 0 unspecified atom stereocenters. The van der Waals surface area contributed by atoms with Gasteiger partial charge in [-0.25, -0.2) is 4.79 Å². The van der Waals surface area contributed by atoms with Crippen molar-refractivity contribution in [2.75, 3.05) is 13.7 Å². The highest BCUT2D eigenvalue weighted by atomic mass is 16.5. The fourth-order valence-corrected chi connectivity index (χ4v) is 4.01. The van der Waals surface area contributed by atoms with E-state index in [0.29, 0.717) is 23.6 Å². The van der Waals surface area contributed by atoms with Gasteiger partial charge >= 0.3 is 5.97 Å². The fourth-order valence-electron chi connectivity index (χ4n) is 4.01. The van der Waals surface area contributed by atoms with E-state index in [-0.39, 0.29) is 11.5 Å². The van der Waals surface area contributed by atoms with Crippen LogP contribution in [0.5, 0.6) is 5.75 Å². The van der Waals surface area contributed by atoms with Crippen molar-refractivity contribution in [2.45, 2.75) is 19.3 Å². The first-order valence-electron chi connectivity index (χ1n) is 9.33. The number of aliphatic carboxylic acids is 1. The number of nitrogens with one attached hydrogen (secondary N) is 1. The third kappa shape index (κ3) is 3.16. The van der Waals surface area contributed by atoms with E-state index >= 15 is 0 Å². The van der Waals surface area contributed by atoms with E-state index in [1.807, 2.05) is 38.1 Å². The first-order chi connectivity index (χ1) is 13.8. The molecule has 1 aliphatic heterocycles. The smallest absolute Gasteiger partial charge is 0.339 e. The van der Waals surface area contributed by atoms with Crippen molar-refractivity contribution in [3.05, 3.63) is 71.6 Å². The Bertz CT molecular complexity index is 1140. The van der Waals surface area contributed by atoms with Crippen LogP contribution >= 0.6 is 0 Å². The number of carboxylic acids is 1. The van der Waals surface area contributed by atoms with E-state index in [4.69, 9.17) is 4.74 Å². The summed E-state index contributed by atoms with van der Waals surface area (Å²) in [5.41, 5.74) is 2.42. The van der Waals surface area contributed by atoms with Gasteiger partial charge in [-0.1, -0.05) is 32.0 Å². The van der Waals surface area contributed by atoms with Gasteiger partial charge in [0, 0.05) is 34.6 Å². The Balaban J connectivity index is 1.85. The van der Waals surface area contributed by atoms with Gasteiger partial charge < -0.3 is 19.7 Å². The molecule has 1 amide bonds. The first-order valence-corrected chi connectivity index (χ1v) is 9.33. The third-order valence-corrected chi connectivity index (χ3v) is 5.33. The van der Waals surface area contributed by atoms with Gasteiger partial charge in [-0.05, 0) is 35.9 Å².